The number of thioether (sulfide) groups is 1. The maximum atomic E-state index is 11.0. The SMILES string of the molecule is C#CSC(=O)CN1C(=O)CCC1=O. The molecule has 0 radical (unpaired) electrons. The number of nitrogens with zero attached hydrogens (tertiary/aromatic N) is 1. The summed E-state index contributed by atoms with van der Waals surface area (Å²) in [6.07, 6.45) is 5.28. The van der Waals surface area contributed by atoms with Crippen LogP contribution in [0.15, 0.2) is 0 Å². The third-order valence-corrected chi connectivity index (χ3v) is 2.09. The molecule has 0 aliphatic carbocycles. The Morgan fingerprint density at radius 1 is 1.46 bits per heavy atom. The third-order valence-electron chi connectivity index (χ3n) is 1.61. The summed E-state index contributed by atoms with van der Waals surface area (Å²) in [5.41, 5.74) is 0. The minimum atomic E-state index is -0.355. The molecule has 13 heavy (non-hydrogen) atoms. The predicted molar refractivity (Wildman–Crippen MR) is 47.4 cm³/mol. The predicted octanol–water partition coefficient (Wildman–Crippen LogP) is -0.0141. The zero-order chi connectivity index (χ0) is 9.84. The number of carbonyl (C=O) groups excluding carboxylic acids is 3. The highest BCUT2D eigenvalue weighted by atomic mass is 32.2. The molecule has 0 aromatic carbocycles. The fraction of sp³-hybridized carbons (Fsp3) is 0.375. The maximum Gasteiger partial charge on any atom is 0.230 e. The quantitative estimate of drug-likeness (QED) is 0.461. The van der Waals surface area contributed by atoms with Crippen molar-refractivity contribution in [1.29, 1.82) is 0 Å². The number of hydrogen-bond donors (Lipinski definition) is 0. The van der Waals surface area contributed by atoms with E-state index in [4.69, 9.17) is 6.42 Å². The second-order valence-corrected chi connectivity index (χ2v) is 3.36. The van der Waals surface area contributed by atoms with Crippen molar-refractivity contribution in [2.24, 2.45) is 0 Å². The number of terminal acetylenes is 1. The average molecular weight is 197 g/mol. The lowest BCUT2D eigenvalue weighted by molar-refractivity contribution is -0.140. The van der Waals surface area contributed by atoms with Gasteiger partial charge in [0.25, 0.3) is 0 Å². The largest absolute Gasteiger partial charge is 0.284 e. The van der Waals surface area contributed by atoms with E-state index in [2.05, 4.69) is 5.25 Å². The number of rotatable bonds is 2. The van der Waals surface area contributed by atoms with Crippen LogP contribution in [0.3, 0.4) is 0 Å². The molecule has 1 heterocycles. The van der Waals surface area contributed by atoms with Crippen molar-refractivity contribution >= 4 is 28.7 Å². The van der Waals surface area contributed by atoms with E-state index in [9.17, 15) is 14.4 Å². The summed E-state index contributed by atoms with van der Waals surface area (Å²) in [6.45, 7) is -0.202. The minimum Gasteiger partial charge on any atom is -0.284 e. The molecule has 0 saturated carbocycles. The van der Waals surface area contributed by atoms with Crippen molar-refractivity contribution in [2.75, 3.05) is 6.54 Å². The van der Waals surface area contributed by atoms with Gasteiger partial charge in [-0.25, -0.2) is 0 Å². The van der Waals surface area contributed by atoms with Crippen LogP contribution in [0.1, 0.15) is 12.8 Å². The molecule has 0 unspecified atom stereocenters. The van der Waals surface area contributed by atoms with Gasteiger partial charge in [-0.15, -0.1) is 6.42 Å². The Labute approximate surface area is 79.7 Å². The first-order valence-corrected chi connectivity index (χ1v) is 4.45. The van der Waals surface area contributed by atoms with Crippen molar-refractivity contribution in [3.05, 3.63) is 0 Å². The van der Waals surface area contributed by atoms with Gasteiger partial charge in [-0.3, -0.25) is 19.3 Å². The summed E-state index contributed by atoms with van der Waals surface area (Å²) in [5, 5.41) is 1.73. The molecule has 1 aliphatic rings. The molecule has 0 aromatic heterocycles. The third kappa shape index (κ3) is 2.33. The number of imide groups is 1. The molecule has 5 heteroatoms. The van der Waals surface area contributed by atoms with Gasteiger partial charge in [0, 0.05) is 24.6 Å². The number of amides is 2. The van der Waals surface area contributed by atoms with E-state index in [0.717, 1.165) is 4.90 Å². The van der Waals surface area contributed by atoms with Gasteiger partial charge in [-0.2, -0.15) is 0 Å². The lowest BCUT2D eigenvalue weighted by Gasteiger charge is -2.10. The number of hydrogen-bond acceptors (Lipinski definition) is 4. The molecule has 1 fully saturated rings. The van der Waals surface area contributed by atoms with E-state index >= 15 is 0 Å². The van der Waals surface area contributed by atoms with Crippen molar-refractivity contribution in [3.63, 3.8) is 0 Å². The topological polar surface area (TPSA) is 54.5 Å². The first kappa shape index (κ1) is 9.81. The second-order valence-electron chi connectivity index (χ2n) is 2.47. The van der Waals surface area contributed by atoms with Gasteiger partial charge in [-0.1, -0.05) is 0 Å². The summed E-state index contributed by atoms with van der Waals surface area (Å²) in [7, 11) is 0. The lowest BCUT2D eigenvalue weighted by Crippen LogP contribution is -2.33. The monoisotopic (exact) mass is 197 g/mol. The highest BCUT2D eigenvalue weighted by Crippen LogP contribution is 2.12. The first-order valence-electron chi connectivity index (χ1n) is 3.63. The fourth-order valence-corrected chi connectivity index (χ4v) is 1.35. The van der Waals surface area contributed by atoms with Crippen LogP contribution in [0.25, 0.3) is 0 Å². The molecule has 4 nitrogen and oxygen atoms in total. The van der Waals surface area contributed by atoms with Gasteiger partial charge < -0.3 is 0 Å². The number of likely N-dealkylation sites (tertiary alicyclic amines) is 1. The Morgan fingerprint density at radius 2 is 2.00 bits per heavy atom. The summed E-state index contributed by atoms with van der Waals surface area (Å²) in [4.78, 5) is 33.9. The molecule has 0 aromatic rings. The van der Waals surface area contributed by atoms with E-state index in [0.29, 0.717) is 11.8 Å². The molecule has 0 N–H and O–H groups in total. The van der Waals surface area contributed by atoms with Crippen LogP contribution in [-0.2, 0) is 14.4 Å². The standard InChI is InChI=1S/C8H7NO3S/c1-2-13-8(12)5-9-6(10)3-4-7(9)11/h1H,3-5H2. The van der Waals surface area contributed by atoms with Gasteiger partial charge in [0.1, 0.15) is 0 Å². The highest BCUT2D eigenvalue weighted by Gasteiger charge is 2.30. The summed E-state index contributed by atoms with van der Waals surface area (Å²) >= 11 is 0.665. The molecule has 68 valence electrons. The summed E-state index contributed by atoms with van der Waals surface area (Å²) in [6, 6.07) is 0. The second kappa shape index (κ2) is 4.10. The normalized spacial score (nSPS) is 16.1. The van der Waals surface area contributed by atoms with Gasteiger partial charge in [-0.05, 0) is 5.25 Å². The van der Waals surface area contributed by atoms with Crippen molar-refractivity contribution in [2.45, 2.75) is 12.8 Å². The molecular formula is C8H7NO3S. The number of carbonyl (C=O) groups is 3. The van der Waals surface area contributed by atoms with Crippen molar-refractivity contribution < 1.29 is 14.4 Å². The van der Waals surface area contributed by atoms with E-state index in [1.807, 2.05) is 0 Å². The zero-order valence-corrected chi connectivity index (χ0v) is 7.60. The molecule has 0 bridgehead atoms. The van der Waals surface area contributed by atoms with E-state index in [1.165, 1.54) is 0 Å². The Balaban J connectivity index is 2.54. The molecule has 0 atom stereocenters. The van der Waals surface area contributed by atoms with Crippen LogP contribution in [0.4, 0.5) is 0 Å². The van der Waals surface area contributed by atoms with Crippen LogP contribution in [0.2, 0.25) is 0 Å². The zero-order valence-electron chi connectivity index (χ0n) is 6.78. The van der Waals surface area contributed by atoms with Crippen LogP contribution in [0.5, 0.6) is 0 Å². The Hall–Kier alpha value is -1.28. The van der Waals surface area contributed by atoms with Crippen LogP contribution in [0, 0.1) is 11.7 Å². The molecule has 1 aliphatic heterocycles. The van der Waals surface area contributed by atoms with Gasteiger partial charge in [0.2, 0.25) is 16.9 Å². The Morgan fingerprint density at radius 3 is 2.46 bits per heavy atom. The lowest BCUT2D eigenvalue weighted by atomic mass is 10.4. The highest BCUT2D eigenvalue weighted by molar-refractivity contribution is 8.17. The molecule has 2 amide bonds. The van der Waals surface area contributed by atoms with E-state index in [-0.39, 0.29) is 36.3 Å². The van der Waals surface area contributed by atoms with E-state index < -0.39 is 0 Å². The molecule has 0 spiro atoms. The van der Waals surface area contributed by atoms with Crippen LogP contribution < -0.4 is 0 Å². The van der Waals surface area contributed by atoms with Crippen molar-refractivity contribution in [1.82, 2.24) is 4.90 Å². The summed E-state index contributed by atoms with van der Waals surface area (Å²) < 4.78 is 0. The maximum absolute atomic E-state index is 11.0. The molecular weight excluding hydrogens is 190 g/mol. The summed E-state index contributed by atoms with van der Waals surface area (Å²) in [5.74, 6) is -0.591. The van der Waals surface area contributed by atoms with E-state index in [1.54, 1.807) is 0 Å². The van der Waals surface area contributed by atoms with Gasteiger partial charge in [0.05, 0.1) is 6.54 Å². The Kier molecular flexibility index (Phi) is 3.09. The molecule has 1 rings (SSSR count). The van der Waals surface area contributed by atoms with Crippen LogP contribution in [-0.4, -0.2) is 28.4 Å². The molecule has 1 saturated heterocycles. The fourth-order valence-electron chi connectivity index (χ4n) is 1.03. The smallest absolute Gasteiger partial charge is 0.230 e. The minimum absolute atomic E-state index is 0.201. The van der Waals surface area contributed by atoms with Gasteiger partial charge in [0.15, 0.2) is 0 Å². The first-order chi connectivity index (χ1) is 6.15. The Bertz CT molecular complexity index is 289. The van der Waals surface area contributed by atoms with Crippen LogP contribution >= 0.6 is 11.8 Å². The average Bonchev–Trinajstić information content (AvgIpc) is 2.36. The van der Waals surface area contributed by atoms with Crippen molar-refractivity contribution in [3.8, 4) is 11.7 Å². The van der Waals surface area contributed by atoms with Gasteiger partial charge >= 0.3 is 0 Å².